The van der Waals surface area contributed by atoms with Crippen molar-refractivity contribution < 1.29 is 4.39 Å². The first-order chi connectivity index (χ1) is 12.0. The third-order valence-corrected chi connectivity index (χ3v) is 5.73. The molecule has 3 aromatic rings. The normalized spacial score (nSPS) is 18.9. The summed E-state index contributed by atoms with van der Waals surface area (Å²) in [6, 6.07) is 11.1. The van der Waals surface area contributed by atoms with Crippen LogP contribution in [0.5, 0.6) is 0 Å². The standard InChI is InChI=1S/C20H22FN3S/c1-20(2)10-18(22-12-16-4-3-9-25-16)17-13-23-24(19(17)11-20)15-7-5-14(21)6-8-15/h3-9,13,18,22H,10-12H2,1-2H3. The van der Waals surface area contributed by atoms with Crippen molar-refractivity contribution in [3.8, 4) is 5.69 Å². The number of fused-ring (bicyclic) bond motifs is 1. The lowest BCUT2D eigenvalue weighted by Gasteiger charge is -2.36. The molecular formula is C20H22FN3S. The van der Waals surface area contributed by atoms with Gasteiger partial charge in [-0.2, -0.15) is 5.10 Å². The van der Waals surface area contributed by atoms with E-state index in [9.17, 15) is 4.39 Å². The van der Waals surface area contributed by atoms with Crippen LogP contribution in [0.4, 0.5) is 4.39 Å². The maximum atomic E-state index is 13.2. The van der Waals surface area contributed by atoms with E-state index >= 15 is 0 Å². The molecule has 1 unspecified atom stereocenters. The minimum atomic E-state index is -0.222. The van der Waals surface area contributed by atoms with Crippen molar-refractivity contribution in [2.24, 2.45) is 5.41 Å². The number of thiophene rings is 1. The molecule has 0 saturated heterocycles. The molecule has 1 atom stereocenters. The average molecular weight is 355 g/mol. The van der Waals surface area contributed by atoms with E-state index in [-0.39, 0.29) is 17.3 Å². The molecule has 0 radical (unpaired) electrons. The first-order valence-electron chi connectivity index (χ1n) is 8.60. The van der Waals surface area contributed by atoms with Crippen molar-refractivity contribution in [1.29, 1.82) is 0 Å². The summed E-state index contributed by atoms with van der Waals surface area (Å²) in [4.78, 5) is 1.34. The van der Waals surface area contributed by atoms with Crippen LogP contribution in [-0.4, -0.2) is 9.78 Å². The highest BCUT2D eigenvalue weighted by Gasteiger charge is 2.35. The Bertz CT molecular complexity index is 850. The minimum Gasteiger partial charge on any atom is -0.305 e. The second-order valence-corrected chi connectivity index (χ2v) is 8.53. The molecule has 2 heterocycles. The highest BCUT2D eigenvalue weighted by molar-refractivity contribution is 7.09. The lowest BCUT2D eigenvalue weighted by molar-refractivity contribution is 0.253. The van der Waals surface area contributed by atoms with Gasteiger partial charge in [0, 0.05) is 28.7 Å². The fraction of sp³-hybridized carbons (Fsp3) is 0.350. The Labute approximate surface area is 151 Å². The number of rotatable bonds is 4. The molecule has 1 aliphatic carbocycles. The highest BCUT2D eigenvalue weighted by Crippen LogP contribution is 2.41. The summed E-state index contributed by atoms with van der Waals surface area (Å²) in [5.74, 6) is -0.222. The molecule has 1 aromatic carbocycles. The molecule has 0 bridgehead atoms. The molecule has 0 fully saturated rings. The van der Waals surface area contributed by atoms with Crippen molar-refractivity contribution in [3.63, 3.8) is 0 Å². The quantitative estimate of drug-likeness (QED) is 0.723. The first-order valence-corrected chi connectivity index (χ1v) is 9.48. The molecule has 0 saturated carbocycles. The Balaban J connectivity index is 1.65. The van der Waals surface area contributed by atoms with Gasteiger partial charge in [-0.1, -0.05) is 19.9 Å². The van der Waals surface area contributed by atoms with Crippen molar-refractivity contribution in [1.82, 2.24) is 15.1 Å². The molecule has 130 valence electrons. The van der Waals surface area contributed by atoms with Gasteiger partial charge in [0.25, 0.3) is 0 Å². The fourth-order valence-corrected chi connectivity index (χ4v) is 4.32. The predicted molar refractivity (Wildman–Crippen MR) is 99.5 cm³/mol. The number of hydrogen-bond acceptors (Lipinski definition) is 3. The molecule has 4 rings (SSSR count). The number of hydrogen-bond donors (Lipinski definition) is 1. The summed E-state index contributed by atoms with van der Waals surface area (Å²) < 4.78 is 15.2. The second-order valence-electron chi connectivity index (χ2n) is 7.49. The molecule has 1 N–H and O–H groups in total. The number of aromatic nitrogens is 2. The maximum absolute atomic E-state index is 13.2. The minimum absolute atomic E-state index is 0.192. The molecule has 3 nitrogen and oxygen atoms in total. The van der Waals surface area contributed by atoms with Crippen molar-refractivity contribution >= 4 is 11.3 Å². The number of halogens is 1. The van der Waals surface area contributed by atoms with Crippen LogP contribution in [-0.2, 0) is 13.0 Å². The zero-order valence-corrected chi connectivity index (χ0v) is 15.3. The Morgan fingerprint density at radius 1 is 1.28 bits per heavy atom. The van der Waals surface area contributed by atoms with E-state index in [1.165, 1.54) is 28.3 Å². The van der Waals surface area contributed by atoms with Gasteiger partial charge >= 0.3 is 0 Å². The zero-order chi connectivity index (χ0) is 17.4. The zero-order valence-electron chi connectivity index (χ0n) is 14.5. The molecule has 5 heteroatoms. The molecule has 0 spiro atoms. The molecule has 0 aliphatic heterocycles. The van der Waals surface area contributed by atoms with Gasteiger partial charge in [-0.15, -0.1) is 11.3 Å². The Morgan fingerprint density at radius 3 is 2.80 bits per heavy atom. The van der Waals surface area contributed by atoms with Crippen molar-refractivity contribution in [3.05, 3.63) is 69.9 Å². The SMILES string of the molecule is CC1(C)Cc2c(cnn2-c2ccc(F)cc2)C(NCc2cccs2)C1. The maximum Gasteiger partial charge on any atom is 0.123 e. The third-order valence-electron chi connectivity index (χ3n) is 4.85. The van der Waals surface area contributed by atoms with Crippen LogP contribution in [0.15, 0.2) is 48.0 Å². The number of nitrogens with zero attached hydrogens (tertiary/aromatic N) is 2. The van der Waals surface area contributed by atoms with Gasteiger partial charge in [0.2, 0.25) is 0 Å². The average Bonchev–Trinajstić information content (AvgIpc) is 3.22. The summed E-state index contributed by atoms with van der Waals surface area (Å²) in [5.41, 5.74) is 3.60. The third kappa shape index (κ3) is 3.39. The van der Waals surface area contributed by atoms with E-state index in [1.54, 1.807) is 23.5 Å². The van der Waals surface area contributed by atoms with Crippen LogP contribution < -0.4 is 5.32 Å². The van der Waals surface area contributed by atoms with Crippen LogP contribution in [0, 0.1) is 11.2 Å². The van der Waals surface area contributed by atoms with Crippen molar-refractivity contribution in [2.45, 2.75) is 39.3 Å². The van der Waals surface area contributed by atoms with Gasteiger partial charge in [-0.05, 0) is 54.0 Å². The number of nitrogens with one attached hydrogen (secondary N) is 1. The van der Waals surface area contributed by atoms with Gasteiger partial charge in [-0.3, -0.25) is 0 Å². The molecule has 2 aromatic heterocycles. The van der Waals surface area contributed by atoms with Gasteiger partial charge < -0.3 is 5.32 Å². The molecule has 0 amide bonds. The Morgan fingerprint density at radius 2 is 2.08 bits per heavy atom. The summed E-state index contributed by atoms with van der Waals surface area (Å²) >= 11 is 1.78. The summed E-state index contributed by atoms with van der Waals surface area (Å²) in [6.07, 6.45) is 4.03. The van der Waals surface area contributed by atoms with Crippen molar-refractivity contribution in [2.75, 3.05) is 0 Å². The van der Waals surface area contributed by atoms with Crippen LogP contribution in [0.2, 0.25) is 0 Å². The van der Waals surface area contributed by atoms with Crippen LogP contribution in [0.3, 0.4) is 0 Å². The van der Waals surface area contributed by atoms with E-state index in [4.69, 9.17) is 0 Å². The number of benzene rings is 1. The summed E-state index contributed by atoms with van der Waals surface area (Å²) in [6.45, 7) is 5.48. The summed E-state index contributed by atoms with van der Waals surface area (Å²) in [7, 11) is 0. The van der Waals surface area contributed by atoms with Gasteiger partial charge in [-0.25, -0.2) is 9.07 Å². The highest BCUT2D eigenvalue weighted by atomic mass is 32.1. The van der Waals surface area contributed by atoms with E-state index in [2.05, 4.69) is 41.8 Å². The van der Waals surface area contributed by atoms with Crippen LogP contribution in [0.25, 0.3) is 5.69 Å². The second kappa shape index (κ2) is 6.39. The largest absolute Gasteiger partial charge is 0.305 e. The summed E-state index contributed by atoms with van der Waals surface area (Å²) in [5, 5.41) is 10.4. The Kier molecular flexibility index (Phi) is 4.21. The van der Waals surface area contributed by atoms with Crippen LogP contribution >= 0.6 is 11.3 Å². The molecule has 1 aliphatic rings. The Hall–Kier alpha value is -1.98. The lowest BCUT2D eigenvalue weighted by atomic mass is 9.74. The predicted octanol–water partition coefficient (Wildman–Crippen LogP) is 4.88. The molecule has 25 heavy (non-hydrogen) atoms. The first kappa shape index (κ1) is 16.5. The van der Waals surface area contributed by atoms with E-state index in [0.29, 0.717) is 0 Å². The molecular weight excluding hydrogens is 333 g/mol. The smallest absolute Gasteiger partial charge is 0.123 e. The van der Waals surface area contributed by atoms with E-state index < -0.39 is 0 Å². The van der Waals surface area contributed by atoms with E-state index in [1.807, 2.05) is 10.9 Å². The van der Waals surface area contributed by atoms with E-state index in [0.717, 1.165) is 25.1 Å². The van der Waals surface area contributed by atoms with Gasteiger partial charge in [0.05, 0.1) is 11.9 Å². The van der Waals surface area contributed by atoms with Gasteiger partial charge in [0.15, 0.2) is 0 Å². The topological polar surface area (TPSA) is 29.9 Å². The lowest BCUT2D eigenvalue weighted by Crippen LogP contribution is -2.33. The monoisotopic (exact) mass is 355 g/mol. The van der Waals surface area contributed by atoms with Gasteiger partial charge in [0.1, 0.15) is 5.82 Å². The fourth-order valence-electron chi connectivity index (χ4n) is 3.67. The van der Waals surface area contributed by atoms with Crippen LogP contribution in [0.1, 0.15) is 42.4 Å².